The molecule has 0 aliphatic carbocycles. The molecule has 0 radical (unpaired) electrons. The van der Waals surface area contributed by atoms with E-state index in [0.717, 1.165) is 4.90 Å². The highest BCUT2D eigenvalue weighted by Crippen LogP contribution is 2.24. The van der Waals surface area contributed by atoms with Crippen LogP contribution in [0.25, 0.3) is 5.65 Å². The fourth-order valence-electron chi connectivity index (χ4n) is 2.25. The fraction of sp³-hybridized carbons (Fsp3) is 0.0667. The second-order valence-electron chi connectivity index (χ2n) is 4.84. The highest BCUT2D eigenvalue weighted by Gasteiger charge is 2.21. The van der Waals surface area contributed by atoms with Gasteiger partial charge in [0.05, 0.1) is 12.7 Å². The van der Waals surface area contributed by atoms with Crippen molar-refractivity contribution < 1.29 is 14.3 Å². The van der Waals surface area contributed by atoms with Gasteiger partial charge in [0.2, 0.25) is 0 Å². The zero-order valence-corrected chi connectivity index (χ0v) is 12.8. The van der Waals surface area contributed by atoms with Crippen LogP contribution in [0.3, 0.4) is 0 Å². The average molecular weight is 346 g/mol. The van der Waals surface area contributed by atoms with E-state index >= 15 is 0 Å². The fourth-order valence-corrected chi connectivity index (χ4v) is 2.43. The molecule has 120 valence electrons. The number of fused-ring (bicyclic) bond motifs is 1. The first-order valence-electron chi connectivity index (χ1n) is 6.69. The Labute approximate surface area is 140 Å². The smallest absolute Gasteiger partial charge is 0.413 e. The Bertz CT molecular complexity index is 982. The third kappa shape index (κ3) is 2.85. The summed E-state index contributed by atoms with van der Waals surface area (Å²) < 4.78 is 14.5. The predicted molar refractivity (Wildman–Crippen MR) is 83.3 cm³/mol. The molecular formula is C15H9ClFN5O2. The molecule has 0 spiro atoms. The Morgan fingerprint density at radius 3 is 2.92 bits per heavy atom. The lowest BCUT2D eigenvalue weighted by Gasteiger charge is -2.20. The molecule has 24 heavy (non-hydrogen) atoms. The van der Waals surface area contributed by atoms with E-state index in [9.17, 15) is 14.3 Å². The van der Waals surface area contributed by atoms with Crippen LogP contribution in [-0.4, -0.2) is 25.8 Å². The van der Waals surface area contributed by atoms with E-state index in [0.29, 0.717) is 5.56 Å². The number of nitriles is 1. The highest BCUT2D eigenvalue weighted by atomic mass is 35.5. The van der Waals surface area contributed by atoms with E-state index in [1.807, 2.05) is 6.07 Å². The van der Waals surface area contributed by atoms with Crippen molar-refractivity contribution in [1.29, 1.82) is 5.26 Å². The maximum atomic E-state index is 13.3. The van der Waals surface area contributed by atoms with Crippen molar-refractivity contribution >= 4 is 29.2 Å². The van der Waals surface area contributed by atoms with Crippen LogP contribution in [0.1, 0.15) is 11.1 Å². The van der Waals surface area contributed by atoms with Crippen molar-refractivity contribution in [1.82, 2.24) is 14.6 Å². The Kier molecular flexibility index (Phi) is 4.02. The molecule has 0 aliphatic heterocycles. The van der Waals surface area contributed by atoms with Crippen molar-refractivity contribution in [2.45, 2.75) is 6.54 Å². The number of aromatic nitrogens is 3. The van der Waals surface area contributed by atoms with Gasteiger partial charge in [-0.3, -0.25) is 4.90 Å². The predicted octanol–water partition coefficient (Wildman–Crippen LogP) is 3.08. The highest BCUT2D eigenvalue weighted by molar-refractivity contribution is 6.29. The molecule has 0 unspecified atom stereocenters. The van der Waals surface area contributed by atoms with E-state index < -0.39 is 11.9 Å². The quantitative estimate of drug-likeness (QED) is 0.736. The van der Waals surface area contributed by atoms with E-state index in [-0.39, 0.29) is 28.7 Å². The third-order valence-electron chi connectivity index (χ3n) is 3.28. The van der Waals surface area contributed by atoms with Crippen LogP contribution in [0.15, 0.2) is 36.5 Å². The van der Waals surface area contributed by atoms with Crippen LogP contribution >= 0.6 is 11.6 Å². The van der Waals surface area contributed by atoms with Gasteiger partial charge in [-0.25, -0.2) is 14.2 Å². The molecule has 3 aromatic rings. The Balaban J connectivity index is 2.12. The van der Waals surface area contributed by atoms with Crippen LogP contribution in [0, 0.1) is 17.1 Å². The van der Waals surface area contributed by atoms with Crippen LogP contribution in [0.4, 0.5) is 15.0 Å². The van der Waals surface area contributed by atoms with Gasteiger partial charge in [-0.15, -0.1) is 0 Å². The lowest BCUT2D eigenvalue weighted by atomic mass is 10.2. The van der Waals surface area contributed by atoms with Crippen molar-refractivity contribution in [3.8, 4) is 6.07 Å². The van der Waals surface area contributed by atoms with E-state index in [2.05, 4.69) is 10.1 Å². The summed E-state index contributed by atoms with van der Waals surface area (Å²) in [6.45, 7) is -0.121. The number of benzene rings is 1. The van der Waals surface area contributed by atoms with Gasteiger partial charge in [0.25, 0.3) is 0 Å². The van der Waals surface area contributed by atoms with Crippen molar-refractivity contribution in [2.24, 2.45) is 0 Å². The van der Waals surface area contributed by atoms with Gasteiger partial charge in [-0.05, 0) is 17.7 Å². The van der Waals surface area contributed by atoms with Crippen LogP contribution < -0.4 is 4.90 Å². The number of nitrogens with zero attached hydrogens (tertiary/aromatic N) is 5. The van der Waals surface area contributed by atoms with Gasteiger partial charge in [0, 0.05) is 6.07 Å². The Morgan fingerprint density at radius 2 is 2.25 bits per heavy atom. The van der Waals surface area contributed by atoms with E-state index in [4.69, 9.17) is 16.9 Å². The molecule has 1 amide bonds. The first-order chi connectivity index (χ1) is 11.5. The molecule has 1 aromatic carbocycles. The first kappa shape index (κ1) is 15.7. The summed E-state index contributed by atoms with van der Waals surface area (Å²) in [5.74, 6) is -0.370. The molecular weight excluding hydrogens is 337 g/mol. The minimum absolute atomic E-state index is 0.0139. The molecule has 7 nitrogen and oxygen atoms in total. The maximum Gasteiger partial charge on any atom is 0.413 e. The number of anilines is 1. The standard InChI is InChI=1S/C15H9ClFN5O2/c16-12-5-13(22-14(20-12)10(6-18)7-19-22)21(15(23)24)8-9-2-1-3-11(17)4-9/h1-5,7H,8H2,(H,23,24). The van der Waals surface area contributed by atoms with Gasteiger partial charge >= 0.3 is 6.09 Å². The van der Waals surface area contributed by atoms with Crippen LogP contribution in [0.5, 0.6) is 0 Å². The number of carbonyl (C=O) groups is 1. The maximum absolute atomic E-state index is 13.3. The monoisotopic (exact) mass is 345 g/mol. The second kappa shape index (κ2) is 6.14. The molecule has 2 heterocycles. The van der Waals surface area contributed by atoms with Crippen LogP contribution in [0.2, 0.25) is 5.15 Å². The lowest BCUT2D eigenvalue weighted by molar-refractivity contribution is 0.201. The molecule has 9 heteroatoms. The zero-order chi connectivity index (χ0) is 17.3. The average Bonchev–Trinajstić information content (AvgIpc) is 2.94. The van der Waals surface area contributed by atoms with Gasteiger partial charge < -0.3 is 5.11 Å². The van der Waals surface area contributed by atoms with Crippen molar-refractivity contribution in [3.63, 3.8) is 0 Å². The summed E-state index contributed by atoms with van der Waals surface area (Å²) in [4.78, 5) is 16.6. The summed E-state index contributed by atoms with van der Waals surface area (Å²) in [5.41, 5.74) is 0.756. The molecule has 0 saturated heterocycles. The van der Waals surface area contributed by atoms with Gasteiger partial charge in [-0.2, -0.15) is 14.9 Å². The normalized spacial score (nSPS) is 10.5. The number of carboxylic acid groups (broad SMARTS) is 1. The number of rotatable bonds is 3. The summed E-state index contributed by atoms with van der Waals surface area (Å²) in [7, 11) is 0. The summed E-state index contributed by atoms with van der Waals surface area (Å²) in [6, 6.07) is 8.82. The lowest BCUT2D eigenvalue weighted by Crippen LogP contribution is -2.30. The number of hydrogen-bond acceptors (Lipinski definition) is 4. The van der Waals surface area contributed by atoms with E-state index in [1.54, 1.807) is 6.07 Å². The number of hydrogen-bond donors (Lipinski definition) is 1. The molecule has 0 bridgehead atoms. The number of amides is 1. The van der Waals surface area contributed by atoms with Gasteiger partial charge in [-0.1, -0.05) is 23.7 Å². The molecule has 2 aromatic heterocycles. The summed E-state index contributed by atoms with van der Waals surface area (Å²) >= 11 is 5.95. The minimum atomic E-state index is -1.28. The van der Waals surface area contributed by atoms with E-state index in [1.165, 1.54) is 35.0 Å². The summed E-state index contributed by atoms with van der Waals surface area (Å²) in [5, 5.41) is 22.6. The summed E-state index contributed by atoms with van der Waals surface area (Å²) in [6.07, 6.45) is -0.0125. The second-order valence-corrected chi connectivity index (χ2v) is 5.23. The van der Waals surface area contributed by atoms with Crippen molar-refractivity contribution in [2.75, 3.05) is 4.90 Å². The Morgan fingerprint density at radius 1 is 1.46 bits per heavy atom. The molecule has 0 fully saturated rings. The van der Waals surface area contributed by atoms with Crippen LogP contribution in [-0.2, 0) is 6.54 Å². The van der Waals surface area contributed by atoms with Gasteiger partial charge in [0.15, 0.2) is 5.65 Å². The molecule has 0 atom stereocenters. The molecule has 0 saturated carbocycles. The number of halogens is 2. The molecule has 0 aliphatic rings. The van der Waals surface area contributed by atoms with Crippen molar-refractivity contribution in [3.05, 3.63) is 58.6 Å². The Hall–Kier alpha value is -3.18. The first-order valence-corrected chi connectivity index (χ1v) is 7.06. The third-order valence-corrected chi connectivity index (χ3v) is 3.47. The minimum Gasteiger partial charge on any atom is -0.465 e. The molecule has 3 rings (SSSR count). The zero-order valence-electron chi connectivity index (χ0n) is 12.0. The SMILES string of the molecule is N#Cc1cnn2c(N(Cc3cccc(F)c3)C(=O)O)cc(Cl)nc12. The topological polar surface area (TPSA) is 94.5 Å². The largest absolute Gasteiger partial charge is 0.465 e. The molecule has 1 N–H and O–H groups in total. The van der Waals surface area contributed by atoms with Gasteiger partial charge in [0.1, 0.15) is 28.4 Å².